The fourth-order valence-electron chi connectivity index (χ4n) is 3.87. The van der Waals surface area contributed by atoms with Crippen molar-refractivity contribution < 1.29 is 9.84 Å². The predicted octanol–water partition coefficient (Wildman–Crippen LogP) is 3.46. The Labute approximate surface area is 159 Å². The van der Waals surface area contributed by atoms with Gasteiger partial charge in [0, 0.05) is 31.1 Å². The molecule has 6 heteroatoms. The molecule has 1 aliphatic heterocycles. The molecule has 0 amide bonds. The number of rotatable bonds is 4. The first-order valence-corrected chi connectivity index (χ1v) is 9.48. The summed E-state index contributed by atoms with van der Waals surface area (Å²) in [6.45, 7) is 4.24. The van der Waals surface area contributed by atoms with E-state index in [0.717, 1.165) is 48.6 Å². The highest BCUT2D eigenvalue weighted by atomic mass is 16.5. The summed E-state index contributed by atoms with van der Waals surface area (Å²) in [5.41, 5.74) is 2.40. The minimum Gasteiger partial charge on any atom is -0.384 e. The summed E-state index contributed by atoms with van der Waals surface area (Å²) in [4.78, 5) is 16.2. The molecular formula is C21H26N4O2. The number of fused-ring (bicyclic) bond motifs is 1. The van der Waals surface area contributed by atoms with Crippen LogP contribution in [0.5, 0.6) is 0 Å². The fourth-order valence-corrected chi connectivity index (χ4v) is 3.87. The molecule has 142 valence electrons. The van der Waals surface area contributed by atoms with Gasteiger partial charge in [0.1, 0.15) is 11.3 Å². The van der Waals surface area contributed by atoms with Crippen LogP contribution >= 0.6 is 0 Å². The van der Waals surface area contributed by atoms with Crippen molar-refractivity contribution in [3.8, 4) is 11.3 Å². The number of ether oxygens (including phenoxy) is 1. The van der Waals surface area contributed by atoms with E-state index in [-0.39, 0.29) is 0 Å². The number of aliphatic hydroxyl groups is 1. The fraction of sp³-hybridized carbons (Fsp3) is 0.476. The molecule has 0 spiro atoms. The molecule has 6 nitrogen and oxygen atoms in total. The lowest BCUT2D eigenvalue weighted by Gasteiger charge is -2.32. The predicted molar refractivity (Wildman–Crippen MR) is 107 cm³/mol. The van der Waals surface area contributed by atoms with Crippen molar-refractivity contribution >= 4 is 17.7 Å². The first-order valence-electron chi connectivity index (χ1n) is 9.48. The van der Waals surface area contributed by atoms with E-state index in [1.165, 1.54) is 0 Å². The third-order valence-electron chi connectivity index (χ3n) is 5.45. The van der Waals surface area contributed by atoms with E-state index in [1.54, 1.807) is 27.2 Å². The zero-order chi connectivity index (χ0) is 19.0. The summed E-state index contributed by atoms with van der Waals surface area (Å²) >= 11 is 0. The Kier molecular flexibility index (Phi) is 4.70. The van der Waals surface area contributed by atoms with Crippen LogP contribution in [0.15, 0.2) is 35.5 Å². The number of hydrogen-bond donors (Lipinski definition) is 1. The van der Waals surface area contributed by atoms with Gasteiger partial charge in [-0.3, -0.25) is 9.98 Å². The molecule has 2 aromatic rings. The summed E-state index contributed by atoms with van der Waals surface area (Å²) < 4.78 is 5.54. The van der Waals surface area contributed by atoms with Gasteiger partial charge in [0.2, 0.25) is 0 Å². The number of aromatic nitrogens is 2. The van der Waals surface area contributed by atoms with Crippen LogP contribution in [0.2, 0.25) is 0 Å². The largest absolute Gasteiger partial charge is 0.384 e. The van der Waals surface area contributed by atoms with Gasteiger partial charge in [-0.05, 0) is 57.4 Å². The Morgan fingerprint density at radius 3 is 2.70 bits per heavy atom. The number of methoxy groups -OCH3 is 1. The minimum absolute atomic E-state index is 0.332. The molecule has 2 aromatic heterocycles. The Balaban J connectivity index is 1.64. The molecule has 0 unspecified atom stereocenters. The Bertz CT molecular complexity index is 842. The monoisotopic (exact) mass is 366 g/mol. The average Bonchev–Trinajstić information content (AvgIpc) is 3.15. The molecule has 2 aliphatic rings. The van der Waals surface area contributed by atoms with Crippen LogP contribution in [0.1, 0.15) is 38.8 Å². The third-order valence-corrected chi connectivity index (χ3v) is 5.45. The van der Waals surface area contributed by atoms with Gasteiger partial charge in [-0.2, -0.15) is 0 Å². The Morgan fingerprint density at radius 2 is 2.04 bits per heavy atom. The maximum atomic E-state index is 10.1. The van der Waals surface area contributed by atoms with Crippen LogP contribution in [0.4, 0.5) is 11.5 Å². The molecule has 0 bridgehead atoms. The standard InChI is InChI=1S/C21H26N4O2/c1-21(2,26)19-9-4-14(13-23-19)17-7-8-18-20(24-17)25(11-10-22-18)15-5-6-16(12-15)27-3/h4,7-10,13,15-16,26H,5-6,11-12H2,1-3H3/t15-,16+/m1/s1. The van der Waals surface area contributed by atoms with E-state index in [4.69, 9.17) is 9.72 Å². The first kappa shape index (κ1) is 18.1. The molecule has 4 rings (SSSR count). The Hall–Kier alpha value is -2.31. The summed E-state index contributed by atoms with van der Waals surface area (Å²) in [6.07, 6.45) is 7.29. The molecule has 0 saturated heterocycles. The zero-order valence-electron chi connectivity index (χ0n) is 16.1. The molecule has 0 aromatic carbocycles. The molecule has 3 heterocycles. The quantitative estimate of drug-likeness (QED) is 0.897. The van der Waals surface area contributed by atoms with Crippen molar-refractivity contribution in [2.45, 2.75) is 50.9 Å². The molecule has 2 atom stereocenters. The number of hydrogen-bond acceptors (Lipinski definition) is 6. The number of pyridine rings is 2. The number of nitrogens with zero attached hydrogens (tertiary/aromatic N) is 4. The lowest BCUT2D eigenvalue weighted by molar-refractivity contribution is 0.0739. The van der Waals surface area contributed by atoms with Gasteiger partial charge in [-0.1, -0.05) is 0 Å². The van der Waals surface area contributed by atoms with Crippen LogP contribution in [0.25, 0.3) is 11.3 Å². The molecule has 1 fully saturated rings. The summed E-state index contributed by atoms with van der Waals surface area (Å²) in [5, 5.41) is 10.1. The number of anilines is 1. The third kappa shape index (κ3) is 3.59. The van der Waals surface area contributed by atoms with Crippen molar-refractivity contribution in [3.05, 3.63) is 36.2 Å². The van der Waals surface area contributed by atoms with Gasteiger partial charge in [0.25, 0.3) is 0 Å². The van der Waals surface area contributed by atoms with Gasteiger partial charge in [0.05, 0.1) is 24.0 Å². The highest BCUT2D eigenvalue weighted by Gasteiger charge is 2.32. The zero-order valence-corrected chi connectivity index (χ0v) is 16.1. The SMILES string of the molecule is CO[C@H]1CC[C@@H](N2CC=Nc3ccc(-c4ccc(C(C)(C)O)nc4)nc32)C1. The van der Waals surface area contributed by atoms with Crippen LogP contribution in [-0.4, -0.2) is 47.1 Å². The van der Waals surface area contributed by atoms with Crippen molar-refractivity contribution in [2.75, 3.05) is 18.6 Å². The topological polar surface area (TPSA) is 70.8 Å². The van der Waals surface area contributed by atoms with Crippen LogP contribution in [-0.2, 0) is 10.3 Å². The van der Waals surface area contributed by atoms with Gasteiger partial charge in [-0.15, -0.1) is 0 Å². The second-order valence-corrected chi connectivity index (χ2v) is 7.82. The van der Waals surface area contributed by atoms with Crippen LogP contribution in [0.3, 0.4) is 0 Å². The van der Waals surface area contributed by atoms with E-state index >= 15 is 0 Å². The molecule has 27 heavy (non-hydrogen) atoms. The van der Waals surface area contributed by atoms with Crippen molar-refractivity contribution in [2.24, 2.45) is 4.99 Å². The van der Waals surface area contributed by atoms with Gasteiger partial charge >= 0.3 is 0 Å². The van der Waals surface area contributed by atoms with Crippen LogP contribution < -0.4 is 4.90 Å². The van der Waals surface area contributed by atoms with Crippen molar-refractivity contribution in [1.82, 2.24) is 9.97 Å². The average molecular weight is 366 g/mol. The normalized spacial score (nSPS) is 22.1. The molecular weight excluding hydrogens is 340 g/mol. The van der Waals surface area contributed by atoms with Crippen LogP contribution in [0, 0.1) is 0 Å². The molecule has 1 N–H and O–H groups in total. The summed E-state index contributed by atoms with van der Waals surface area (Å²) in [6, 6.07) is 8.24. The molecule has 1 saturated carbocycles. The molecule has 0 radical (unpaired) electrons. The van der Waals surface area contributed by atoms with E-state index in [1.807, 2.05) is 30.5 Å². The van der Waals surface area contributed by atoms with Crippen molar-refractivity contribution in [1.29, 1.82) is 0 Å². The van der Waals surface area contributed by atoms with Gasteiger partial charge in [-0.25, -0.2) is 4.98 Å². The van der Waals surface area contributed by atoms with E-state index in [0.29, 0.717) is 17.8 Å². The van der Waals surface area contributed by atoms with Gasteiger partial charge in [0.15, 0.2) is 5.82 Å². The van der Waals surface area contributed by atoms with E-state index < -0.39 is 5.60 Å². The highest BCUT2D eigenvalue weighted by Crippen LogP contribution is 2.37. The lowest BCUT2D eigenvalue weighted by atomic mass is 10.0. The Morgan fingerprint density at radius 1 is 1.19 bits per heavy atom. The van der Waals surface area contributed by atoms with Gasteiger partial charge < -0.3 is 14.7 Å². The summed E-state index contributed by atoms with van der Waals surface area (Å²) in [5.74, 6) is 0.934. The smallest absolute Gasteiger partial charge is 0.155 e. The first-order chi connectivity index (χ1) is 13.0. The van der Waals surface area contributed by atoms with E-state index in [9.17, 15) is 5.11 Å². The highest BCUT2D eigenvalue weighted by molar-refractivity contribution is 5.81. The maximum Gasteiger partial charge on any atom is 0.155 e. The maximum absolute atomic E-state index is 10.1. The van der Waals surface area contributed by atoms with Crippen molar-refractivity contribution in [3.63, 3.8) is 0 Å². The van der Waals surface area contributed by atoms with E-state index in [2.05, 4.69) is 14.9 Å². The summed E-state index contributed by atoms with van der Waals surface area (Å²) in [7, 11) is 1.79. The minimum atomic E-state index is -0.951. The number of aliphatic imine (C=N–C) groups is 1. The second-order valence-electron chi connectivity index (χ2n) is 7.82. The second kappa shape index (κ2) is 7.02. The lowest BCUT2D eigenvalue weighted by Crippen LogP contribution is -2.37. The molecule has 1 aliphatic carbocycles.